The molecule has 0 saturated heterocycles. The average Bonchev–Trinajstić information content (AvgIpc) is 1.49. The molecular formula is H4BNaO9S2. The fourth-order valence-electron chi connectivity index (χ4n) is 0.224. The van der Waals surface area contributed by atoms with E-state index in [-0.39, 0.29) is 31.0 Å². The molecule has 74 valence electrons. The van der Waals surface area contributed by atoms with Gasteiger partial charge in [-0.25, -0.2) is 8.20 Å². The molecule has 13 heteroatoms. The summed E-state index contributed by atoms with van der Waals surface area (Å²) in [5.41, 5.74) is 0. The third kappa shape index (κ3) is 12.8. The minimum absolute atomic E-state index is 0. The Kier molecular flexibility index (Phi) is 6.98. The van der Waals surface area contributed by atoms with Crippen LogP contribution in [0.25, 0.3) is 0 Å². The standard InChI is InChI=1S/BH3O9S2.Na.H/c2-1(9-11(3,4)5)10-12(6,7)8;;/h2H,(H,3,4,5)(H,6,7,8);;/q;+1;-1. The van der Waals surface area contributed by atoms with Gasteiger partial charge in [0.05, 0.1) is 0 Å². The maximum Gasteiger partial charge on any atom is 1.00 e. The van der Waals surface area contributed by atoms with E-state index in [4.69, 9.17) is 14.1 Å². The molecule has 0 aliphatic rings. The Bertz CT molecular complexity index is 296. The van der Waals surface area contributed by atoms with Gasteiger partial charge < -0.3 is 6.45 Å². The Morgan fingerprint density at radius 2 is 1.23 bits per heavy atom. The van der Waals surface area contributed by atoms with Crippen molar-refractivity contribution < 1.29 is 70.2 Å². The first-order valence-corrected chi connectivity index (χ1v) is 4.83. The van der Waals surface area contributed by atoms with Crippen LogP contribution in [0.5, 0.6) is 0 Å². The zero-order chi connectivity index (χ0) is 9.99. The summed E-state index contributed by atoms with van der Waals surface area (Å²) in [6, 6.07) is 0. The summed E-state index contributed by atoms with van der Waals surface area (Å²) in [7, 11) is -12.9. The van der Waals surface area contributed by atoms with E-state index < -0.39 is 28.1 Å². The van der Waals surface area contributed by atoms with Crippen LogP contribution in [0, 0.1) is 0 Å². The van der Waals surface area contributed by atoms with E-state index in [0.29, 0.717) is 0 Å². The molecule has 0 unspecified atom stereocenters. The molecule has 0 aromatic heterocycles. The quantitative estimate of drug-likeness (QED) is 0.326. The largest absolute Gasteiger partial charge is 1.00 e. The van der Waals surface area contributed by atoms with Gasteiger partial charge in [0.2, 0.25) is 0 Å². The summed E-state index contributed by atoms with van der Waals surface area (Å²) in [4.78, 5) is 0. The molecule has 0 aliphatic heterocycles. The van der Waals surface area contributed by atoms with Crippen molar-refractivity contribution in [2.75, 3.05) is 0 Å². The van der Waals surface area contributed by atoms with Crippen LogP contribution in [0.2, 0.25) is 0 Å². The van der Waals surface area contributed by atoms with Crippen molar-refractivity contribution in [3.05, 3.63) is 0 Å². The van der Waals surface area contributed by atoms with Gasteiger partial charge in [0, 0.05) is 0 Å². The van der Waals surface area contributed by atoms with Gasteiger partial charge >= 0.3 is 57.7 Å². The van der Waals surface area contributed by atoms with E-state index in [1.165, 1.54) is 0 Å². The second-order valence-electron chi connectivity index (χ2n) is 1.35. The molecule has 0 amide bonds. The Labute approximate surface area is 97.9 Å². The first-order chi connectivity index (χ1) is 5.10. The molecule has 9 nitrogen and oxygen atoms in total. The number of hydrogen-bond acceptors (Lipinski definition) is 7. The molecule has 13 heavy (non-hydrogen) atoms. The fraction of sp³-hybridized carbons (Fsp3) is 0. The van der Waals surface area contributed by atoms with Gasteiger partial charge in [0.15, 0.2) is 0 Å². The zero-order valence-corrected chi connectivity index (χ0v) is 9.82. The summed E-state index contributed by atoms with van der Waals surface area (Å²) in [5.74, 6) is 0. The van der Waals surface area contributed by atoms with E-state index in [9.17, 15) is 16.8 Å². The molecule has 0 heterocycles. The van der Waals surface area contributed by atoms with Gasteiger partial charge in [0.25, 0.3) is 0 Å². The summed E-state index contributed by atoms with van der Waals surface area (Å²) < 4.78 is 60.9. The summed E-state index contributed by atoms with van der Waals surface area (Å²) in [5, 5.41) is 8.20. The first kappa shape index (κ1) is 16.2. The van der Waals surface area contributed by atoms with Crippen molar-refractivity contribution in [1.29, 1.82) is 0 Å². The van der Waals surface area contributed by atoms with Crippen LogP contribution in [-0.4, -0.2) is 38.3 Å². The van der Waals surface area contributed by atoms with Gasteiger partial charge in [-0.15, -0.1) is 0 Å². The van der Waals surface area contributed by atoms with E-state index >= 15 is 0 Å². The molecule has 0 saturated carbocycles. The molecule has 3 N–H and O–H groups in total. The van der Waals surface area contributed by atoms with E-state index in [2.05, 4.69) is 8.20 Å². The predicted molar refractivity (Wildman–Crippen MR) is 34.4 cm³/mol. The molecule has 0 aliphatic carbocycles. The number of hydrogen-bond donors (Lipinski definition) is 3. The van der Waals surface area contributed by atoms with Crippen LogP contribution < -0.4 is 29.6 Å². The topological polar surface area (TPSA) is 147 Å². The Balaban J connectivity index is -0.000000605. The van der Waals surface area contributed by atoms with Crippen molar-refractivity contribution >= 4 is 28.1 Å². The minimum Gasteiger partial charge on any atom is -1.00 e. The molecule has 0 atom stereocenters. The molecule has 0 spiro atoms. The molecule has 0 radical (unpaired) electrons. The summed E-state index contributed by atoms with van der Waals surface area (Å²) in [6.07, 6.45) is 0. The zero-order valence-electron chi connectivity index (χ0n) is 7.18. The van der Waals surface area contributed by atoms with Gasteiger partial charge in [-0.2, -0.15) is 16.8 Å². The predicted octanol–water partition coefficient (Wildman–Crippen LogP) is -5.28. The summed E-state index contributed by atoms with van der Waals surface area (Å²) in [6.45, 7) is 0. The Hall–Kier alpha value is 0.765. The van der Waals surface area contributed by atoms with Crippen LogP contribution >= 0.6 is 0 Å². The summed E-state index contributed by atoms with van der Waals surface area (Å²) >= 11 is 0. The minimum atomic E-state index is -5.05. The Morgan fingerprint density at radius 3 is 1.38 bits per heavy atom. The Morgan fingerprint density at radius 1 is 1.00 bits per heavy atom. The third-order valence-corrected chi connectivity index (χ3v) is 1.22. The van der Waals surface area contributed by atoms with Crippen molar-refractivity contribution in [1.82, 2.24) is 0 Å². The van der Waals surface area contributed by atoms with Crippen LogP contribution in [0.3, 0.4) is 0 Å². The molecule has 0 aromatic carbocycles. The van der Waals surface area contributed by atoms with Gasteiger partial charge in [-0.1, -0.05) is 0 Å². The van der Waals surface area contributed by atoms with Crippen molar-refractivity contribution in [3.63, 3.8) is 0 Å². The molecular weight excluding hydrogens is 242 g/mol. The third-order valence-electron chi connectivity index (χ3n) is 0.408. The fourth-order valence-corrected chi connectivity index (χ4v) is 0.768. The second kappa shape index (κ2) is 5.60. The van der Waals surface area contributed by atoms with Crippen molar-refractivity contribution in [2.24, 2.45) is 0 Å². The smallest absolute Gasteiger partial charge is 1.00 e. The van der Waals surface area contributed by atoms with Gasteiger partial charge in [-0.05, 0) is 0 Å². The monoisotopic (exact) mass is 246 g/mol. The molecule has 0 bridgehead atoms. The maximum atomic E-state index is 9.74. The van der Waals surface area contributed by atoms with E-state index in [1.807, 2.05) is 0 Å². The molecule has 0 rings (SSSR count). The second-order valence-corrected chi connectivity index (χ2v) is 3.45. The van der Waals surface area contributed by atoms with Crippen LogP contribution in [0.1, 0.15) is 1.43 Å². The van der Waals surface area contributed by atoms with Crippen LogP contribution in [-0.2, 0) is 29.0 Å². The SMILES string of the molecule is O=S(=O)(O)OB(O)OS(=O)(=O)O.[H-].[Na+]. The molecule has 0 fully saturated rings. The van der Waals surface area contributed by atoms with Crippen molar-refractivity contribution in [3.8, 4) is 0 Å². The molecule has 0 aromatic rings. The van der Waals surface area contributed by atoms with Crippen LogP contribution in [0.15, 0.2) is 0 Å². The van der Waals surface area contributed by atoms with E-state index in [0.717, 1.165) is 0 Å². The number of rotatable bonds is 4. The maximum absolute atomic E-state index is 9.74. The normalized spacial score (nSPS) is 11.9. The van der Waals surface area contributed by atoms with Gasteiger partial charge in [-0.3, -0.25) is 9.11 Å². The van der Waals surface area contributed by atoms with Gasteiger partial charge in [0.1, 0.15) is 0 Å². The van der Waals surface area contributed by atoms with Crippen molar-refractivity contribution in [2.45, 2.75) is 0 Å². The first-order valence-electron chi connectivity index (χ1n) is 2.09. The van der Waals surface area contributed by atoms with Crippen LogP contribution in [0.4, 0.5) is 0 Å². The average molecular weight is 246 g/mol. The van der Waals surface area contributed by atoms with E-state index in [1.54, 1.807) is 0 Å².